The Morgan fingerprint density at radius 1 is 1.53 bits per heavy atom. The van der Waals surface area contributed by atoms with Crippen LogP contribution in [0.1, 0.15) is 32.6 Å². The lowest BCUT2D eigenvalue weighted by Gasteiger charge is -2.34. The molecule has 2 rings (SSSR count). The van der Waals surface area contributed by atoms with Crippen LogP contribution in [-0.2, 0) is 14.3 Å². The normalized spacial score (nSPS) is 35.2. The van der Waals surface area contributed by atoms with Crippen LogP contribution in [-0.4, -0.2) is 25.8 Å². The van der Waals surface area contributed by atoms with Gasteiger partial charge in [0.1, 0.15) is 6.79 Å². The van der Waals surface area contributed by atoms with Gasteiger partial charge in [-0.15, -0.1) is 0 Å². The fraction of sp³-hybridized carbons (Fsp3) is 0.750. The molecule has 0 aliphatic heterocycles. The molecule has 0 aromatic carbocycles. The van der Waals surface area contributed by atoms with E-state index in [1.165, 1.54) is 5.57 Å². The minimum absolute atomic E-state index is 0.0758. The maximum atomic E-state index is 11.3. The van der Waals surface area contributed by atoms with Gasteiger partial charge in [-0.2, -0.15) is 0 Å². The molecule has 1 fully saturated rings. The van der Waals surface area contributed by atoms with Crippen molar-refractivity contribution in [2.45, 2.75) is 38.7 Å². The summed E-state index contributed by atoms with van der Waals surface area (Å²) in [5.74, 6) is 0.273. The average molecular weight is 210 g/mol. The van der Waals surface area contributed by atoms with Crippen LogP contribution in [0.15, 0.2) is 11.6 Å². The molecule has 0 aromatic heterocycles. The van der Waals surface area contributed by atoms with E-state index in [2.05, 4.69) is 6.92 Å². The first kappa shape index (κ1) is 10.8. The van der Waals surface area contributed by atoms with E-state index >= 15 is 0 Å². The summed E-state index contributed by atoms with van der Waals surface area (Å²) in [6, 6.07) is 0. The third-order valence-corrected chi connectivity index (χ3v) is 3.73. The Hall–Kier alpha value is -0.670. The highest BCUT2D eigenvalue weighted by Crippen LogP contribution is 2.49. The van der Waals surface area contributed by atoms with Crippen LogP contribution in [0.25, 0.3) is 0 Å². The molecule has 2 atom stereocenters. The molecule has 0 spiro atoms. The van der Waals surface area contributed by atoms with E-state index < -0.39 is 0 Å². The van der Waals surface area contributed by atoms with Gasteiger partial charge in [0, 0.05) is 18.9 Å². The Labute approximate surface area is 90.4 Å². The molecule has 2 aliphatic carbocycles. The second-order valence-electron chi connectivity index (χ2n) is 4.65. The van der Waals surface area contributed by atoms with Crippen LogP contribution in [0.2, 0.25) is 0 Å². The van der Waals surface area contributed by atoms with Crippen LogP contribution in [0.3, 0.4) is 0 Å². The van der Waals surface area contributed by atoms with E-state index in [9.17, 15) is 4.79 Å². The van der Waals surface area contributed by atoms with Crippen molar-refractivity contribution in [3.8, 4) is 0 Å². The standard InChI is InChI=1S/C12H18O3/c1-12-6-5-10(13)7-9(12)3-4-11(12)15-8-14-2/h7,11H,3-6,8H2,1-2H3/t11-,12-/m0/s1. The van der Waals surface area contributed by atoms with E-state index in [-0.39, 0.29) is 17.3 Å². The molecule has 0 radical (unpaired) electrons. The maximum Gasteiger partial charge on any atom is 0.155 e. The first-order valence-electron chi connectivity index (χ1n) is 5.51. The van der Waals surface area contributed by atoms with Gasteiger partial charge >= 0.3 is 0 Å². The second-order valence-corrected chi connectivity index (χ2v) is 4.65. The number of carbonyl (C=O) groups is 1. The number of methoxy groups -OCH3 is 1. The summed E-state index contributed by atoms with van der Waals surface area (Å²) in [5.41, 5.74) is 1.35. The van der Waals surface area contributed by atoms with Crippen LogP contribution >= 0.6 is 0 Å². The van der Waals surface area contributed by atoms with E-state index in [4.69, 9.17) is 9.47 Å². The van der Waals surface area contributed by atoms with Crippen molar-refractivity contribution in [2.24, 2.45) is 5.41 Å². The molecule has 0 heterocycles. The number of rotatable bonds is 3. The van der Waals surface area contributed by atoms with E-state index in [0.717, 1.165) is 19.3 Å². The van der Waals surface area contributed by atoms with Gasteiger partial charge in [0.05, 0.1) is 6.10 Å². The molecule has 0 aromatic rings. The lowest BCUT2D eigenvalue weighted by Crippen LogP contribution is -2.34. The molecule has 84 valence electrons. The fourth-order valence-corrected chi connectivity index (χ4v) is 2.72. The zero-order valence-corrected chi connectivity index (χ0v) is 9.41. The molecule has 0 unspecified atom stereocenters. The summed E-state index contributed by atoms with van der Waals surface area (Å²) in [6.07, 6.45) is 5.64. The number of fused-ring (bicyclic) bond motifs is 1. The predicted molar refractivity (Wildman–Crippen MR) is 56.4 cm³/mol. The summed E-state index contributed by atoms with van der Waals surface area (Å²) < 4.78 is 10.6. The summed E-state index contributed by atoms with van der Waals surface area (Å²) in [7, 11) is 1.64. The Morgan fingerprint density at radius 2 is 2.33 bits per heavy atom. The summed E-state index contributed by atoms with van der Waals surface area (Å²) in [5, 5.41) is 0. The smallest absolute Gasteiger partial charge is 0.155 e. The van der Waals surface area contributed by atoms with Crippen LogP contribution < -0.4 is 0 Å². The number of ketones is 1. The number of allylic oxidation sites excluding steroid dienone is 1. The fourth-order valence-electron chi connectivity index (χ4n) is 2.72. The van der Waals surface area contributed by atoms with E-state index in [1.807, 2.05) is 6.08 Å². The SMILES string of the molecule is COCO[C@H]1CCC2=CC(=O)CC[C@@]21C. The topological polar surface area (TPSA) is 35.5 Å². The lowest BCUT2D eigenvalue weighted by molar-refractivity contribution is -0.119. The van der Waals surface area contributed by atoms with Gasteiger partial charge in [-0.05, 0) is 25.3 Å². The molecular weight excluding hydrogens is 192 g/mol. The average Bonchev–Trinajstić information content (AvgIpc) is 2.53. The van der Waals surface area contributed by atoms with Gasteiger partial charge in [0.15, 0.2) is 5.78 Å². The molecule has 0 N–H and O–H groups in total. The number of hydrogen-bond donors (Lipinski definition) is 0. The Balaban J connectivity index is 2.12. The highest BCUT2D eigenvalue weighted by Gasteiger charge is 2.45. The summed E-state index contributed by atoms with van der Waals surface area (Å²) in [4.78, 5) is 11.3. The van der Waals surface area contributed by atoms with Crippen LogP contribution in [0.4, 0.5) is 0 Å². The molecule has 0 bridgehead atoms. The van der Waals surface area contributed by atoms with Gasteiger partial charge in [-0.25, -0.2) is 0 Å². The van der Waals surface area contributed by atoms with Crippen LogP contribution in [0, 0.1) is 5.41 Å². The second kappa shape index (κ2) is 4.06. The largest absolute Gasteiger partial charge is 0.359 e. The molecule has 3 nitrogen and oxygen atoms in total. The van der Waals surface area contributed by atoms with E-state index in [1.54, 1.807) is 7.11 Å². The zero-order valence-electron chi connectivity index (χ0n) is 9.41. The first-order chi connectivity index (χ1) is 7.16. The minimum Gasteiger partial charge on any atom is -0.359 e. The Bertz CT molecular complexity index is 295. The van der Waals surface area contributed by atoms with Crippen molar-refractivity contribution >= 4 is 5.78 Å². The molecule has 2 aliphatic rings. The summed E-state index contributed by atoms with van der Waals surface area (Å²) >= 11 is 0. The van der Waals surface area contributed by atoms with Crippen molar-refractivity contribution in [1.82, 2.24) is 0 Å². The zero-order chi connectivity index (χ0) is 10.9. The predicted octanol–water partition coefficient (Wildman–Crippen LogP) is 2.06. The minimum atomic E-state index is 0.0758. The van der Waals surface area contributed by atoms with Crippen molar-refractivity contribution < 1.29 is 14.3 Å². The van der Waals surface area contributed by atoms with Gasteiger partial charge in [0.2, 0.25) is 0 Å². The van der Waals surface area contributed by atoms with Gasteiger partial charge in [0.25, 0.3) is 0 Å². The molecule has 1 saturated carbocycles. The molecular formula is C12H18O3. The molecule has 0 amide bonds. The Morgan fingerprint density at radius 3 is 3.07 bits per heavy atom. The number of hydrogen-bond acceptors (Lipinski definition) is 3. The highest BCUT2D eigenvalue weighted by atomic mass is 16.7. The van der Waals surface area contributed by atoms with Crippen molar-refractivity contribution in [1.29, 1.82) is 0 Å². The maximum absolute atomic E-state index is 11.3. The van der Waals surface area contributed by atoms with Crippen LogP contribution in [0.5, 0.6) is 0 Å². The summed E-state index contributed by atoms with van der Waals surface area (Å²) in [6.45, 7) is 2.56. The molecule has 15 heavy (non-hydrogen) atoms. The monoisotopic (exact) mass is 210 g/mol. The van der Waals surface area contributed by atoms with Crippen molar-refractivity contribution in [2.75, 3.05) is 13.9 Å². The number of carbonyl (C=O) groups excluding carboxylic acids is 1. The Kier molecular flexibility index (Phi) is 2.94. The third-order valence-electron chi connectivity index (χ3n) is 3.73. The van der Waals surface area contributed by atoms with Crippen molar-refractivity contribution in [3.05, 3.63) is 11.6 Å². The first-order valence-corrected chi connectivity index (χ1v) is 5.51. The third kappa shape index (κ3) is 1.86. The molecule has 3 heteroatoms. The lowest BCUT2D eigenvalue weighted by atomic mass is 9.74. The van der Waals surface area contributed by atoms with Crippen molar-refractivity contribution in [3.63, 3.8) is 0 Å². The highest BCUT2D eigenvalue weighted by molar-refractivity contribution is 5.91. The quantitative estimate of drug-likeness (QED) is 0.669. The number of ether oxygens (including phenoxy) is 2. The van der Waals surface area contributed by atoms with Gasteiger partial charge in [-0.3, -0.25) is 4.79 Å². The van der Waals surface area contributed by atoms with Gasteiger partial charge < -0.3 is 9.47 Å². The van der Waals surface area contributed by atoms with E-state index in [0.29, 0.717) is 13.2 Å². The molecule has 0 saturated heterocycles. The van der Waals surface area contributed by atoms with Gasteiger partial charge in [-0.1, -0.05) is 12.5 Å².